The fourth-order valence-corrected chi connectivity index (χ4v) is 3.24. The third-order valence-corrected chi connectivity index (χ3v) is 4.74. The van der Waals surface area contributed by atoms with Gasteiger partial charge >= 0.3 is 0 Å². The van der Waals surface area contributed by atoms with E-state index in [4.69, 9.17) is 16.3 Å². The van der Waals surface area contributed by atoms with E-state index in [1.165, 1.54) is 19.3 Å². The lowest BCUT2D eigenvalue weighted by Crippen LogP contribution is -2.18. The van der Waals surface area contributed by atoms with Gasteiger partial charge in [0.25, 0.3) is 5.56 Å². The van der Waals surface area contributed by atoms with Gasteiger partial charge in [0.15, 0.2) is 5.78 Å². The quantitative estimate of drug-likeness (QED) is 0.241. The van der Waals surface area contributed by atoms with E-state index in [0.29, 0.717) is 38.5 Å². The fourth-order valence-electron chi connectivity index (χ4n) is 3.07. The molecule has 0 amide bonds. The molecule has 0 aliphatic heterocycles. The van der Waals surface area contributed by atoms with Crippen LogP contribution in [0.1, 0.15) is 17.3 Å². The molecule has 0 aliphatic rings. The molecule has 0 fully saturated rings. The molecule has 3 aromatic rings. The second-order valence-corrected chi connectivity index (χ2v) is 6.92. The minimum atomic E-state index is -0.521. The topological polar surface area (TPSA) is 84.4 Å². The first-order chi connectivity index (χ1) is 15.0. The number of halogens is 1. The van der Waals surface area contributed by atoms with Gasteiger partial charge in [-0.25, -0.2) is 0 Å². The van der Waals surface area contributed by atoms with Crippen molar-refractivity contribution in [1.82, 2.24) is 9.97 Å². The van der Waals surface area contributed by atoms with E-state index >= 15 is 0 Å². The fraction of sp³-hybridized carbons (Fsp3) is 0.0833. The third-order valence-electron chi connectivity index (χ3n) is 4.51. The smallest absolute Gasteiger partial charge is 0.260 e. The number of H-pyrrole nitrogens is 1. The van der Waals surface area contributed by atoms with Crippen molar-refractivity contribution in [2.45, 2.75) is 6.92 Å². The Labute approximate surface area is 184 Å². The van der Waals surface area contributed by atoms with Gasteiger partial charge in [0.05, 0.1) is 24.6 Å². The van der Waals surface area contributed by atoms with E-state index < -0.39 is 11.3 Å². The molecule has 2 aromatic heterocycles. The first kappa shape index (κ1) is 21.9. The summed E-state index contributed by atoms with van der Waals surface area (Å²) < 4.78 is 5.27. The number of nitrogens with one attached hydrogen (secondary N) is 1. The van der Waals surface area contributed by atoms with Crippen molar-refractivity contribution in [3.8, 4) is 16.9 Å². The molecule has 0 radical (unpaired) electrons. The Bertz CT molecular complexity index is 1300. The molecule has 1 aromatic carbocycles. The Kier molecular flexibility index (Phi) is 6.95. The summed E-state index contributed by atoms with van der Waals surface area (Å²) in [5.74, 6) is 0.00491. The predicted molar refractivity (Wildman–Crippen MR) is 125 cm³/mol. The van der Waals surface area contributed by atoms with Gasteiger partial charge in [-0.15, -0.1) is 0 Å². The molecule has 2 heterocycles. The highest BCUT2D eigenvalue weighted by molar-refractivity contribution is 6.31. The van der Waals surface area contributed by atoms with E-state index in [-0.39, 0.29) is 5.56 Å². The number of carbonyl (C=O) groups excluding carboxylic acids is 1. The molecule has 0 atom stereocenters. The summed E-state index contributed by atoms with van der Waals surface area (Å²) in [6.07, 6.45) is 11.2. The van der Waals surface area contributed by atoms with Gasteiger partial charge in [0.1, 0.15) is 5.75 Å². The minimum absolute atomic E-state index is 0.0319. The standard InChI is InChI=1S/C24H20ClN3O3/c1-4-5-6-17(26-2)8-10-21(29)23-22(15-11-18(31-3)14-27-13-15)19-12-16(25)7-9-20(19)28-24(23)30/h4-14H,2H2,1,3H3,(H,28,30)/b5-4-,10-8+,17-6-. The van der Waals surface area contributed by atoms with Crippen LogP contribution in [0, 0.1) is 0 Å². The summed E-state index contributed by atoms with van der Waals surface area (Å²) >= 11 is 6.21. The Morgan fingerprint density at radius 1 is 1.26 bits per heavy atom. The number of pyridine rings is 2. The highest BCUT2D eigenvalue weighted by atomic mass is 35.5. The average molecular weight is 434 g/mol. The number of nitrogens with zero attached hydrogens (tertiary/aromatic N) is 2. The molecule has 1 N–H and O–H groups in total. The summed E-state index contributed by atoms with van der Waals surface area (Å²) in [5.41, 5.74) is 1.46. The van der Waals surface area contributed by atoms with Gasteiger partial charge in [0.2, 0.25) is 0 Å². The van der Waals surface area contributed by atoms with Crippen LogP contribution in [-0.4, -0.2) is 29.6 Å². The monoisotopic (exact) mass is 433 g/mol. The van der Waals surface area contributed by atoms with Crippen molar-refractivity contribution in [3.63, 3.8) is 0 Å². The van der Waals surface area contributed by atoms with Crippen molar-refractivity contribution in [2.75, 3.05) is 7.11 Å². The number of hydrogen-bond acceptors (Lipinski definition) is 5. The zero-order valence-electron chi connectivity index (χ0n) is 17.1. The van der Waals surface area contributed by atoms with E-state index in [2.05, 4.69) is 21.7 Å². The van der Waals surface area contributed by atoms with Gasteiger partial charge < -0.3 is 9.72 Å². The maximum atomic E-state index is 13.1. The van der Waals surface area contributed by atoms with Crippen molar-refractivity contribution in [1.29, 1.82) is 0 Å². The number of aliphatic imine (C=N–C) groups is 1. The lowest BCUT2D eigenvalue weighted by atomic mass is 9.94. The molecule has 0 saturated carbocycles. The van der Waals surface area contributed by atoms with Gasteiger partial charge in [-0.3, -0.25) is 19.6 Å². The molecule has 6 nitrogen and oxygen atoms in total. The molecule has 0 spiro atoms. The Morgan fingerprint density at radius 3 is 2.77 bits per heavy atom. The number of benzene rings is 1. The highest BCUT2D eigenvalue weighted by Crippen LogP contribution is 2.32. The summed E-state index contributed by atoms with van der Waals surface area (Å²) in [4.78, 5) is 36.9. The SMILES string of the molecule is C=NC(=C\C=C/C)/C=C/C(=O)c1c(-c2cncc(OC)c2)c2cc(Cl)ccc2[nH]c1=O. The average Bonchev–Trinajstić information content (AvgIpc) is 2.78. The largest absolute Gasteiger partial charge is 0.495 e. The maximum Gasteiger partial charge on any atom is 0.260 e. The number of allylic oxidation sites excluding steroid dienone is 5. The predicted octanol–water partition coefficient (Wildman–Crippen LogP) is 5.15. The molecule has 0 saturated heterocycles. The van der Waals surface area contributed by atoms with Crippen LogP contribution in [-0.2, 0) is 0 Å². The number of fused-ring (bicyclic) bond motifs is 1. The molecule has 0 unspecified atom stereocenters. The molecular formula is C24H20ClN3O3. The summed E-state index contributed by atoms with van der Waals surface area (Å²) in [7, 11) is 1.52. The van der Waals surface area contributed by atoms with Crippen molar-refractivity contribution >= 4 is 35.0 Å². The van der Waals surface area contributed by atoms with E-state index in [1.54, 1.807) is 48.8 Å². The molecular weight excluding hydrogens is 414 g/mol. The number of rotatable bonds is 7. The van der Waals surface area contributed by atoms with Gasteiger partial charge in [-0.1, -0.05) is 23.8 Å². The first-order valence-corrected chi connectivity index (χ1v) is 9.73. The number of ether oxygens (including phenoxy) is 1. The van der Waals surface area contributed by atoms with Crippen molar-refractivity contribution in [2.24, 2.45) is 4.99 Å². The van der Waals surface area contributed by atoms with Crippen LogP contribution in [0.4, 0.5) is 0 Å². The van der Waals surface area contributed by atoms with Gasteiger partial charge in [-0.2, -0.15) is 0 Å². The summed E-state index contributed by atoms with van der Waals surface area (Å²) in [6.45, 7) is 5.36. The second kappa shape index (κ2) is 9.82. The van der Waals surface area contributed by atoms with Crippen molar-refractivity contribution in [3.05, 3.63) is 93.7 Å². The number of carbonyl (C=O) groups is 1. The van der Waals surface area contributed by atoms with Crippen LogP contribution in [0.25, 0.3) is 22.0 Å². The first-order valence-electron chi connectivity index (χ1n) is 9.35. The van der Waals surface area contributed by atoms with Crippen LogP contribution < -0.4 is 10.3 Å². The van der Waals surface area contributed by atoms with Crippen LogP contribution in [0.3, 0.4) is 0 Å². The Balaban J connectivity index is 2.28. The zero-order chi connectivity index (χ0) is 22.4. The second-order valence-electron chi connectivity index (χ2n) is 6.48. The molecule has 156 valence electrons. The normalized spacial score (nSPS) is 12.0. The number of ketones is 1. The summed E-state index contributed by atoms with van der Waals surface area (Å²) in [6, 6.07) is 6.78. The van der Waals surface area contributed by atoms with E-state index in [0.717, 1.165) is 0 Å². The molecule has 0 aliphatic carbocycles. The molecule has 0 bridgehead atoms. The Morgan fingerprint density at radius 2 is 2.06 bits per heavy atom. The number of methoxy groups -OCH3 is 1. The number of hydrogen-bond donors (Lipinski definition) is 1. The highest BCUT2D eigenvalue weighted by Gasteiger charge is 2.20. The van der Waals surface area contributed by atoms with Crippen LogP contribution in [0.15, 0.2) is 82.5 Å². The summed E-state index contributed by atoms with van der Waals surface area (Å²) in [5, 5.41) is 1.09. The maximum absolute atomic E-state index is 13.1. The number of aromatic nitrogens is 2. The molecule has 31 heavy (non-hydrogen) atoms. The lowest BCUT2D eigenvalue weighted by molar-refractivity contribution is 0.104. The number of aromatic amines is 1. The molecule has 3 rings (SSSR count). The van der Waals surface area contributed by atoms with E-state index in [9.17, 15) is 9.59 Å². The van der Waals surface area contributed by atoms with Crippen LogP contribution in [0.5, 0.6) is 5.75 Å². The van der Waals surface area contributed by atoms with Crippen LogP contribution in [0.2, 0.25) is 5.02 Å². The lowest BCUT2D eigenvalue weighted by Gasteiger charge is -2.12. The zero-order valence-corrected chi connectivity index (χ0v) is 17.8. The van der Waals surface area contributed by atoms with Gasteiger partial charge in [0, 0.05) is 33.2 Å². The van der Waals surface area contributed by atoms with E-state index in [1.807, 2.05) is 13.0 Å². The third kappa shape index (κ3) is 4.87. The van der Waals surface area contributed by atoms with Crippen molar-refractivity contribution < 1.29 is 9.53 Å². The Hall–Kier alpha value is -3.77. The molecule has 7 heteroatoms. The van der Waals surface area contributed by atoms with Crippen LogP contribution >= 0.6 is 11.6 Å². The van der Waals surface area contributed by atoms with Gasteiger partial charge in [-0.05, 0) is 56.1 Å². The minimum Gasteiger partial charge on any atom is -0.495 e.